The van der Waals surface area contributed by atoms with E-state index in [0.29, 0.717) is 6.61 Å². The van der Waals surface area contributed by atoms with Crippen molar-refractivity contribution in [1.82, 2.24) is 10.1 Å². The Morgan fingerprint density at radius 2 is 2.41 bits per heavy atom. The van der Waals surface area contributed by atoms with E-state index < -0.39 is 0 Å². The van der Waals surface area contributed by atoms with E-state index >= 15 is 0 Å². The molecule has 1 atom stereocenters. The lowest BCUT2D eigenvalue weighted by Gasteiger charge is -2.42. The molecule has 1 aliphatic heterocycles. The molecule has 0 saturated carbocycles. The Morgan fingerprint density at radius 1 is 1.59 bits per heavy atom. The molecule has 17 heavy (non-hydrogen) atoms. The highest BCUT2D eigenvalue weighted by Crippen LogP contribution is 2.22. The van der Waals surface area contributed by atoms with E-state index in [0.717, 1.165) is 25.4 Å². The monoisotopic (exact) mass is 240 g/mol. The fraction of sp³-hybridized carbons (Fsp3) is 0.750. The first-order valence-corrected chi connectivity index (χ1v) is 5.88. The molecule has 1 aromatic heterocycles. The van der Waals surface area contributed by atoms with Gasteiger partial charge in [0.05, 0.1) is 31.1 Å². The maximum absolute atomic E-state index is 5.95. The van der Waals surface area contributed by atoms with Crippen LogP contribution in [0.2, 0.25) is 0 Å². The van der Waals surface area contributed by atoms with Crippen molar-refractivity contribution in [3.63, 3.8) is 0 Å². The number of nitrogens with zero attached hydrogens (tertiary/aromatic N) is 2. The molecule has 0 unspecified atom stereocenters. The van der Waals surface area contributed by atoms with Crippen LogP contribution in [0.5, 0.6) is 0 Å². The van der Waals surface area contributed by atoms with Gasteiger partial charge in [-0.1, -0.05) is 5.16 Å². The first-order valence-electron chi connectivity index (χ1n) is 5.88. The minimum Gasteiger partial charge on any atom is -0.382 e. The molecule has 5 nitrogen and oxygen atoms in total. The molecule has 1 aromatic rings. The van der Waals surface area contributed by atoms with Crippen molar-refractivity contribution in [3.05, 3.63) is 18.0 Å². The standard InChI is InChI=1S/C12H20N2O3/c1-12(2)9-14(6-10-4-5-13-17-10)7-11(16-12)8-15-3/h4-5,11H,6-9H2,1-3H3/t11-/m0/s1. The van der Waals surface area contributed by atoms with Crippen molar-refractivity contribution in [2.45, 2.75) is 32.1 Å². The Bertz CT molecular complexity index is 338. The van der Waals surface area contributed by atoms with Crippen molar-refractivity contribution >= 4 is 0 Å². The molecule has 1 fully saturated rings. The highest BCUT2D eigenvalue weighted by molar-refractivity contribution is 4.95. The summed E-state index contributed by atoms with van der Waals surface area (Å²) in [5.74, 6) is 0.888. The summed E-state index contributed by atoms with van der Waals surface area (Å²) in [6, 6.07) is 1.90. The lowest BCUT2D eigenvalue weighted by atomic mass is 10.1. The summed E-state index contributed by atoms with van der Waals surface area (Å²) < 4.78 is 16.3. The molecular formula is C12H20N2O3. The van der Waals surface area contributed by atoms with Crippen LogP contribution in [0, 0.1) is 0 Å². The minimum atomic E-state index is -0.151. The van der Waals surface area contributed by atoms with E-state index in [2.05, 4.69) is 23.9 Å². The van der Waals surface area contributed by atoms with Gasteiger partial charge in [-0.2, -0.15) is 0 Å². The van der Waals surface area contributed by atoms with Gasteiger partial charge in [0, 0.05) is 26.3 Å². The van der Waals surface area contributed by atoms with Crippen LogP contribution in [0.15, 0.2) is 16.8 Å². The summed E-state index contributed by atoms with van der Waals surface area (Å²) in [4.78, 5) is 2.31. The van der Waals surface area contributed by atoms with Gasteiger partial charge in [-0.15, -0.1) is 0 Å². The number of morpholine rings is 1. The summed E-state index contributed by atoms with van der Waals surface area (Å²) in [6.45, 7) is 7.33. The number of aromatic nitrogens is 1. The Labute approximate surface area is 102 Å². The molecule has 1 saturated heterocycles. The van der Waals surface area contributed by atoms with Gasteiger partial charge >= 0.3 is 0 Å². The van der Waals surface area contributed by atoms with Crippen molar-refractivity contribution < 1.29 is 14.0 Å². The molecule has 0 N–H and O–H groups in total. The highest BCUT2D eigenvalue weighted by Gasteiger charge is 2.33. The summed E-state index contributed by atoms with van der Waals surface area (Å²) in [7, 11) is 1.70. The van der Waals surface area contributed by atoms with Crippen molar-refractivity contribution in [2.75, 3.05) is 26.8 Å². The van der Waals surface area contributed by atoms with Crippen LogP contribution in [0.3, 0.4) is 0 Å². The van der Waals surface area contributed by atoms with Crippen molar-refractivity contribution in [1.29, 1.82) is 0 Å². The second-order valence-electron chi connectivity index (χ2n) is 5.10. The molecule has 0 bridgehead atoms. The first kappa shape index (κ1) is 12.5. The third-order valence-electron chi connectivity index (χ3n) is 2.78. The second-order valence-corrected chi connectivity index (χ2v) is 5.10. The zero-order valence-electron chi connectivity index (χ0n) is 10.7. The summed E-state index contributed by atoms with van der Waals surface area (Å²) >= 11 is 0. The van der Waals surface area contributed by atoms with Gasteiger partial charge in [0.2, 0.25) is 0 Å². The van der Waals surface area contributed by atoms with Gasteiger partial charge in [-0.05, 0) is 13.8 Å². The van der Waals surface area contributed by atoms with Crippen LogP contribution >= 0.6 is 0 Å². The lowest BCUT2D eigenvalue weighted by Crippen LogP contribution is -2.53. The number of rotatable bonds is 4. The third kappa shape index (κ3) is 3.52. The van der Waals surface area contributed by atoms with E-state index in [1.807, 2.05) is 6.07 Å². The Hall–Kier alpha value is -0.910. The summed E-state index contributed by atoms with van der Waals surface area (Å²) in [5, 5.41) is 3.72. The van der Waals surface area contributed by atoms with Gasteiger partial charge in [-0.25, -0.2) is 0 Å². The molecule has 5 heteroatoms. The Balaban J connectivity index is 1.97. The summed E-state index contributed by atoms with van der Waals surface area (Å²) in [6.07, 6.45) is 1.79. The van der Waals surface area contributed by atoms with Crippen molar-refractivity contribution in [2.24, 2.45) is 0 Å². The van der Waals surface area contributed by atoms with Crippen LogP contribution in [0.1, 0.15) is 19.6 Å². The molecule has 2 rings (SSSR count). The van der Waals surface area contributed by atoms with Gasteiger partial charge < -0.3 is 14.0 Å². The topological polar surface area (TPSA) is 47.7 Å². The SMILES string of the molecule is COC[C@@H]1CN(Cc2ccno2)CC(C)(C)O1. The Morgan fingerprint density at radius 3 is 3.06 bits per heavy atom. The molecule has 0 aliphatic carbocycles. The van der Waals surface area contributed by atoms with Crippen LogP contribution in [-0.4, -0.2) is 48.6 Å². The van der Waals surface area contributed by atoms with Crippen molar-refractivity contribution in [3.8, 4) is 0 Å². The fourth-order valence-electron chi connectivity index (χ4n) is 2.35. The molecule has 96 valence electrons. The van der Waals surface area contributed by atoms with Gasteiger partial charge in [-0.3, -0.25) is 4.90 Å². The van der Waals surface area contributed by atoms with E-state index in [1.54, 1.807) is 13.3 Å². The molecular weight excluding hydrogens is 220 g/mol. The molecule has 0 radical (unpaired) electrons. The summed E-state index contributed by atoms with van der Waals surface area (Å²) in [5.41, 5.74) is -0.151. The predicted octanol–water partition coefficient (Wildman–Crippen LogP) is 1.30. The predicted molar refractivity (Wildman–Crippen MR) is 62.6 cm³/mol. The normalized spacial score (nSPS) is 25.0. The average molecular weight is 240 g/mol. The van der Waals surface area contributed by atoms with Gasteiger partial charge in [0.15, 0.2) is 5.76 Å². The lowest BCUT2D eigenvalue weighted by molar-refractivity contribution is -0.155. The molecule has 0 amide bonds. The molecule has 0 aromatic carbocycles. The highest BCUT2D eigenvalue weighted by atomic mass is 16.5. The van der Waals surface area contributed by atoms with Gasteiger partial charge in [0.1, 0.15) is 0 Å². The maximum Gasteiger partial charge on any atom is 0.150 e. The van der Waals surface area contributed by atoms with Crippen LogP contribution < -0.4 is 0 Å². The third-order valence-corrected chi connectivity index (χ3v) is 2.78. The minimum absolute atomic E-state index is 0.117. The van der Waals surface area contributed by atoms with E-state index in [1.165, 1.54) is 0 Å². The Kier molecular flexibility index (Phi) is 3.81. The number of hydrogen-bond donors (Lipinski definition) is 0. The first-order chi connectivity index (χ1) is 8.09. The van der Waals surface area contributed by atoms with Crippen LogP contribution in [-0.2, 0) is 16.0 Å². The largest absolute Gasteiger partial charge is 0.382 e. The van der Waals surface area contributed by atoms with E-state index in [4.69, 9.17) is 14.0 Å². The zero-order chi connectivity index (χ0) is 12.3. The quantitative estimate of drug-likeness (QED) is 0.794. The van der Waals surface area contributed by atoms with E-state index in [9.17, 15) is 0 Å². The maximum atomic E-state index is 5.95. The smallest absolute Gasteiger partial charge is 0.150 e. The van der Waals surface area contributed by atoms with Gasteiger partial charge in [0.25, 0.3) is 0 Å². The number of ether oxygens (including phenoxy) is 2. The molecule has 1 aliphatic rings. The molecule has 0 spiro atoms. The fourth-order valence-corrected chi connectivity index (χ4v) is 2.35. The second kappa shape index (κ2) is 5.16. The zero-order valence-corrected chi connectivity index (χ0v) is 10.7. The molecule has 2 heterocycles. The average Bonchev–Trinajstić information content (AvgIpc) is 2.68. The van der Waals surface area contributed by atoms with Crippen LogP contribution in [0.25, 0.3) is 0 Å². The van der Waals surface area contributed by atoms with E-state index in [-0.39, 0.29) is 11.7 Å². The number of hydrogen-bond acceptors (Lipinski definition) is 5. The van der Waals surface area contributed by atoms with Crippen LogP contribution in [0.4, 0.5) is 0 Å². The number of methoxy groups -OCH3 is 1.